The molecule has 156 valence electrons. The van der Waals surface area contributed by atoms with Gasteiger partial charge < -0.3 is 9.47 Å². The monoisotopic (exact) mass is 434 g/mol. The normalized spacial score (nSPS) is 16.5. The number of amides is 2. The van der Waals surface area contributed by atoms with Gasteiger partial charge in [-0.1, -0.05) is 41.6 Å². The van der Waals surface area contributed by atoms with Crippen LogP contribution in [0.1, 0.15) is 16.8 Å². The minimum atomic E-state index is -0.341. The highest BCUT2D eigenvalue weighted by atomic mass is 32.2. The lowest BCUT2D eigenvalue weighted by atomic mass is 10.1. The zero-order chi connectivity index (χ0) is 21.2. The Morgan fingerprint density at radius 1 is 1.06 bits per heavy atom. The van der Waals surface area contributed by atoms with Gasteiger partial charge in [0.15, 0.2) is 11.5 Å². The van der Waals surface area contributed by atoms with Gasteiger partial charge in [-0.25, -0.2) is 0 Å². The summed E-state index contributed by atoms with van der Waals surface area (Å²) < 4.78 is 12.4. The molecule has 0 unspecified atom stereocenters. The van der Waals surface area contributed by atoms with Gasteiger partial charge in [-0.3, -0.25) is 19.2 Å². The van der Waals surface area contributed by atoms with E-state index < -0.39 is 0 Å². The number of fused-ring (bicyclic) bond motifs is 1. The minimum absolute atomic E-state index is 0.0917. The predicted octanol–water partition coefficient (Wildman–Crippen LogP) is 3.49. The van der Waals surface area contributed by atoms with E-state index in [-0.39, 0.29) is 24.5 Å². The Balaban J connectivity index is 1.25. The number of aromatic nitrogens is 3. The summed E-state index contributed by atoms with van der Waals surface area (Å²) in [5.41, 5.74) is 2.54. The maximum atomic E-state index is 12.8. The lowest BCUT2D eigenvalue weighted by Crippen LogP contribution is -2.27. The van der Waals surface area contributed by atoms with E-state index in [4.69, 9.17) is 9.47 Å². The van der Waals surface area contributed by atoms with Crippen LogP contribution in [-0.4, -0.2) is 37.8 Å². The van der Waals surface area contributed by atoms with Gasteiger partial charge in [-0.05, 0) is 47.5 Å². The van der Waals surface area contributed by atoms with Crippen LogP contribution in [0.15, 0.2) is 59.6 Å². The third-order valence-electron chi connectivity index (χ3n) is 4.95. The van der Waals surface area contributed by atoms with Crippen LogP contribution >= 0.6 is 11.8 Å². The van der Waals surface area contributed by atoms with Gasteiger partial charge in [-0.2, -0.15) is 0 Å². The van der Waals surface area contributed by atoms with Gasteiger partial charge in [-0.15, -0.1) is 5.10 Å². The van der Waals surface area contributed by atoms with Crippen LogP contribution in [0, 0.1) is 0 Å². The Hall–Kier alpha value is -3.59. The van der Waals surface area contributed by atoms with Crippen molar-refractivity contribution in [3.05, 3.63) is 76.5 Å². The molecule has 0 radical (unpaired) electrons. The maximum Gasteiger partial charge on any atom is 0.293 e. The minimum Gasteiger partial charge on any atom is -0.454 e. The first-order valence-electron chi connectivity index (χ1n) is 9.74. The zero-order valence-corrected chi connectivity index (χ0v) is 17.2. The van der Waals surface area contributed by atoms with Gasteiger partial charge >= 0.3 is 0 Å². The Kier molecular flexibility index (Phi) is 5.17. The Morgan fingerprint density at radius 3 is 2.77 bits per heavy atom. The molecule has 9 heteroatoms. The molecule has 2 aliphatic rings. The summed E-state index contributed by atoms with van der Waals surface area (Å²) >= 11 is 0.915. The standard InChI is InChI=1S/C22H18N4O4S/c27-21-20(11-16-6-7-18-19(10-16)30-14-29-18)31-22(28)26(21)13-17-12-25(24-23-17)9-8-15-4-2-1-3-5-15/h1-7,10-12H,8-9,13-14H2/b20-11-. The quantitative estimate of drug-likeness (QED) is 0.549. The van der Waals surface area contributed by atoms with Crippen LogP contribution in [0.2, 0.25) is 0 Å². The molecule has 0 atom stereocenters. The van der Waals surface area contributed by atoms with E-state index in [2.05, 4.69) is 22.4 Å². The lowest BCUT2D eigenvalue weighted by Gasteiger charge is -2.09. The van der Waals surface area contributed by atoms with Crippen molar-refractivity contribution in [2.75, 3.05) is 6.79 Å². The Bertz CT molecular complexity index is 1180. The first-order valence-corrected chi connectivity index (χ1v) is 10.6. The number of carbonyl (C=O) groups excluding carboxylic acids is 2. The van der Waals surface area contributed by atoms with Crippen molar-refractivity contribution in [1.29, 1.82) is 0 Å². The van der Waals surface area contributed by atoms with E-state index >= 15 is 0 Å². The Labute approximate surface area is 182 Å². The molecule has 0 spiro atoms. The van der Waals surface area contributed by atoms with Crippen molar-refractivity contribution in [3.8, 4) is 11.5 Å². The summed E-state index contributed by atoms with van der Waals surface area (Å²) in [6, 6.07) is 15.5. The molecule has 0 saturated carbocycles. The molecule has 0 bridgehead atoms. The van der Waals surface area contributed by atoms with Gasteiger partial charge in [0.2, 0.25) is 6.79 Å². The number of benzene rings is 2. The summed E-state index contributed by atoms with van der Waals surface area (Å²) in [5.74, 6) is 0.951. The van der Waals surface area contributed by atoms with Crippen molar-refractivity contribution in [2.45, 2.75) is 19.5 Å². The number of hydrogen-bond acceptors (Lipinski definition) is 7. The fourth-order valence-corrected chi connectivity index (χ4v) is 4.20. The second-order valence-electron chi connectivity index (χ2n) is 7.09. The molecule has 2 amide bonds. The second-order valence-corrected chi connectivity index (χ2v) is 8.08. The molecule has 3 heterocycles. The number of imide groups is 1. The molecule has 5 rings (SSSR count). The molecule has 2 aliphatic heterocycles. The lowest BCUT2D eigenvalue weighted by molar-refractivity contribution is -0.123. The summed E-state index contributed by atoms with van der Waals surface area (Å²) in [6.07, 6.45) is 4.28. The van der Waals surface area contributed by atoms with Crippen LogP contribution in [0.5, 0.6) is 11.5 Å². The Morgan fingerprint density at radius 2 is 1.90 bits per heavy atom. The molecule has 2 aromatic carbocycles. The SMILES string of the molecule is O=C1S/C(=C\c2ccc3c(c2)OCO3)C(=O)N1Cc1cn(CCc2ccccc2)nn1. The van der Waals surface area contributed by atoms with Gasteiger partial charge in [0, 0.05) is 6.54 Å². The molecule has 8 nitrogen and oxygen atoms in total. The number of aryl methyl sites for hydroxylation is 2. The van der Waals surface area contributed by atoms with E-state index in [0.717, 1.165) is 23.7 Å². The van der Waals surface area contributed by atoms with Crippen molar-refractivity contribution in [1.82, 2.24) is 19.9 Å². The molecular formula is C22H18N4O4S. The molecule has 1 fully saturated rings. The number of rotatable bonds is 6. The number of carbonyl (C=O) groups is 2. The van der Waals surface area contributed by atoms with Crippen molar-refractivity contribution in [3.63, 3.8) is 0 Å². The molecule has 0 N–H and O–H groups in total. The van der Waals surface area contributed by atoms with Gasteiger partial charge in [0.25, 0.3) is 11.1 Å². The maximum absolute atomic E-state index is 12.8. The van der Waals surface area contributed by atoms with Crippen LogP contribution in [-0.2, 0) is 24.3 Å². The molecule has 1 aromatic heterocycles. The number of ether oxygens (including phenoxy) is 2. The number of nitrogens with zero attached hydrogens (tertiary/aromatic N) is 4. The van der Waals surface area contributed by atoms with Crippen LogP contribution in [0.4, 0.5) is 4.79 Å². The summed E-state index contributed by atoms with van der Waals surface area (Å²) in [5, 5.41) is 7.91. The van der Waals surface area contributed by atoms with E-state index in [0.29, 0.717) is 28.6 Å². The van der Waals surface area contributed by atoms with E-state index in [1.165, 1.54) is 10.5 Å². The summed E-state index contributed by atoms with van der Waals surface area (Å²) in [6.45, 7) is 0.943. The first kappa shape index (κ1) is 19.4. The largest absolute Gasteiger partial charge is 0.454 e. The first-order chi connectivity index (χ1) is 15.2. The topological polar surface area (TPSA) is 86.5 Å². The highest BCUT2D eigenvalue weighted by Crippen LogP contribution is 2.36. The molecule has 1 saturated heterocycles. The molecule has 31 heavy (non-hydrogen) atoms. The second kappa shape index (κ2) is 8.27. The molecule has 3 aromatic rings. The molecular weight excluding hydrogens is 416 g/mol. The number of thioether (sulfide) groups is 1. The van der Waals surface area contributed by atoms with E-state index in [9.17, 15) is 9.59 Å². The van der Waals surface area contributed by atoms with Crippen LogP contribution < -0.4 is 9.47 Å². The number of hydrogen-bond donors (Lipinski definition) is 0. The zero-order valence-electron chi connectivity index (χ0n) is 16.4. The van der Waals surface area contributed by atoms with Crippen molar-refractivity contribution in [2.24, 2.45) is 0 Å². The average molecular weight is 434 g/mol. The summed E-state index contributed by atoms with van der Waals surface area (Å²) in [7, 11) is 0. The van der Waals surface area contributed by atoms with E-state index in [1.54, 1.807) is 29.1 Å². The molecule has 0 aliphatic carbocycles. The average Bonchev–Trinajstić information content (AvgIpc) is 3.49. The third kappa shape index (κ3) is 4.17. The smallest absolute Gasteiger partial charge is 0.293 e. The van der Waals surface area contributed by atoms with E-state index in [1.807, 2.05) is 24.3 Å². The van der Waals surface area contributed by atoms with Gasteiger partial charge in [0.05, 0.1) is 17.6 Å². The van der Waals surface area contributed by atoms with Gasteiger partial charge in [0.1, 0.15) is 5.69 Å². The summed E-state index contributed by atoms with van der Waals surface area (Å²) in [4.78, 5) is 26.8. The fourth-order valence-electron chi connectivity index (χ4n) is 3.36. The van der Waals surface area contributed by atoms with Crippen LogP contribution in [0.3, 0.4) is 0 Å². The van der Waals surface area contributed by atoms with Crippen molar-refractivity contribution >= 4 is 29.0 Å². The van der Waals surface area contributed by atoms with Crippen LogP contribution in [0.25, 0.3) is 6.08 Å². The highest BCUT2D eigenvalue weighted by molar-refractivity contribution is 8.18. The predicted molar refractivity (Wildman–Crippen MR) is 114 cm³/mol. The van der Waals surface area contributed by atoms with Crippen molar-refractivity contribution < 1.29 is 19.1 Å². The third-order valence-corrected chi connectivity index (χ3v) is 5.85. The fraction of sp³-hybridized carbons (Fsp3) is 0.182. The highest BCUT2D eigenvalue weighted by Gasteiger charge is 2.35.